The van der Waals surface area contributed by atoms with Crippen LogP contribution in [0.5, 0.6) is 0 Å². The fourth-order valence-corrected chi connectivity index (χ4v) is 2.55. The molecule has 0 spiro atoms. The van der Waals surface area contributed by atoms with Gasteiger partial charge in [0.2, 0.25) is 5.91 Å². The van der Waals surface area contributed by atoms with Crippen LogP contribution in [0.2, 0.25) is 0 Å². The van der Waals surface area contributed by atoms with Gasteiger partial charge in [-0.1, -0.05) is 24.3 Å². The van der Waals surface area contributed by atoms with Crippen molar-refractivity contribution in [1.82, 2.24) is 10.2 Å². The highest BCUT2D eigenvalue weighted by atomic mass is 35.5. The van der Waals surface area contributed by atoms with Crippen LogP contribution < -0.4 is 11.1 Å². The second-order valence-electron chi connectivity index (χ2n) is 5.55. The molecule has 5 nitrogen and oxygen atoms in total. The number of hydrogen-bond donors (Lipinski definition) is 2. The molecular formula is C16H26ClN3O2. The summed E-state index contributed by atoms with van der Waals surface area (Å²) < 4.78 is 5.56. The number of nitrogens with two attached hydrogens (primary N) is 1. The lowest BCUT2D eigenvalue weighted by Gasteiger charge is -2.31. The van der Waals surface area contributed by atoms with Crippen molar-refractivity contribution in [3.05, 3.63) is 35.4 Å². The van der Waals surface area contributed by atoms with Crippen LogP contribution in [0.1, 0.15) is 24.5 Å². The number of amides is 1. The molecule has 1 amide bonds. The van der Waals surface area contributed by atoms with E-state index < -0.39 is 0 Å². The SMILES string of the molecule is CC1CN(Cc2cccc(CNC(=O)CCN)c2)CCO1.Cl. The van der Waals surface area contributed by atoms with Gasteiger partial charge in [-0.2, -0.15) is 0 Å². The predicted molar refractivity (Wildman–Crippen MR) is 89.9 cm³/mol. The summed E-state index contributed by atoms with van der Waals surface area (Å²) in [7, 11) is 0. The molecule has 0 aliphatic carbocycles. The standard InChI is InChI=1S/C16H25N3O2.ClH/c1-13-11-19(7-8-21-13)12-15-4-2-3-14(9-15)10-18-16(20)5-6-17;/h2-4,9,13H,5-8,10-12,17H2,1H3,(H,18,20);1H. The molecule has 0 radical (unpaired) electrons. The molecule has 0 aromatic heterocycles. The Labute approximate surface area is 138 Å². The number of hydrogen-bond acceptors (Lipinski definition) is 4. The average molecular weight is 328 g/mol. The number of nitrogens with one attached hydrogen (secondary N) is 1. The van der Waals surface area contributed by atoms with Crippen LogP contribution in [0, 0.1) is 0 Å². The molecule has 1 aliphatic rings. The number of ether oxygens (including phenoxy) is 1. The van der Waals surface area contributed by atoms with Gasteiger partial charge < -0.3 is 15.8 Å². The quantitative estimate of drug-likeness (QED) is 0.826. The lowest BCUT2D eigenvalue weighted by atomic mass is 10.1. The van der Waals surface area contributed by atoms with Crippen LogP contribution in [-0.2, 0) is 22.6 Å². The number of morpholine rings is 1. The molecule has 3 N–H and O–H groups in total. The minimum absolute atomic E-state index is 0. The van der Waals surface area contributed by atoms with E-state index in [-0.39, 0.29) is 18.3 Å². The molecule has 1 unspecified atom stereocenters. The maximum Gasteiger partial charge on any atom is 0.221 e. The summed E-state index contributed by atoms with van der Waals surface area (Å²) in [5.41, 5.74) is 7.76. The first kappa shape index (κ1) is 18.9. The van der Waals surface area contributed by atoms with E-state index in [0.717, 1.165) is 31.8 Å². The van der Waals surface area contributed by atoms with E-state index in [0.29, 0.717) is 25.6 Å². The topological polar surface area (TPSA) is 67.6 Å². The Kier molecular flexibility index (Phi) is 8.42. The molecule has 0 bridgehead atoms. The largest absolute Gasteiger partial charge is 0.376 e. The third-order valence-corrected chi connectivity index (χ3v) is 3.58. The van der Waals surface area contributed by atoms with E-state index in [1.807, 2.05) is 12.1 Å². The molecule has 1 fully saturated rings. The Morgan fingerprint density at radius 3 is 2.95 bits per heavy atom. The van der Waals surface area contributed by atoms with E-state index in [1.54, 1.807) is 0 Å². The number of halogens is 1. The second-order valence-corrected chi connectivity index (χ2v) is 5.55. The van der Waals surface area contributed by atoms with Crippen molar-refractivity contribution in [3.63, 3.8) is 0 Å². The summed E-state index contributed by atoms with van der Waals surface area (Å²) in [6.45, 7) is 6.73. The zero-order valence-corrected chi connectivity index (χ0v) is 13.9. The zero-order chi connectivity index (χ0) is 15.1. The van der Waals surface area contributed by atoms with Crippen molar-refractivity contribution in [2.75, 3.05) is 26.2 Å². The maximum atomic E-state index is 11.4. The van der Waals surface area contributed by atoms with Crippen molar-refractivity contribution < 1.29 is 9.53 Å². The van der Waals surface area contributed by atoms with Gasteiger partial charge in [0, 0.05) is 39.1 Å². The lowest BCUT2D eigenvalue weighted by Crippen LogP contribution is -2.40. The van der Waals surface area contributed by atoms with Gasteiger partial charge in [0.15, 0.2) is 0 Å². The molecule has 2 rings (SSSR count). The first-order chi connectivity index (χ1) is 10.2. The van der Waals surface area contributed by atoms with Gasteiger partial charge in [0.25, 0.3) is 0 Å². The van der Waals surface area contributed by atoms with Crippen molar-refractivity contribution >= 4 is 18.3 Å². The molecule has 1 atom stereocenters. The number of benzene rings is 1. The number of rotatable bonds is 6. The summed E-state index contributed by atoms with van der Waals surface area (Å²) in [6.07, 6.45) is 0.684. The zero-order valence-electron chi connectivity index (χ0n) is 13.1. The summed E-state index contributed by atoms with van der Waals surface area (Å²) in [5.74, 6) is 0.00454. The minimum atomic E-state index is 0. The molecule has 1 saturated heterocycles. The molecule has 0 saturated carbocycles. The Morgan fingerprint density at radius 2 is 2.23 bits per heavy atom. The third kappa shape index (κ3) is 6.32. The Bertz CT molecular complexity index is 470. The summed E-state index contributed by atoms with van der Waals surface area (Å²) in [6, 6.07) is 8.37. The molecule has 1 aromatic rings. The van der Waals surface area contributed by atoms with Crippen LogP contribution in [-0.4, -0.2) is 43.2 Å². The highest BCUT2D eigenvalue weighted by Gasteiger charge is 2.16. The molecular weight excluding hydrogens is 302 g/mol. The summed E-state index contributed by atoms with van der Waals surface area (Å²) >= 11 is 0. The van der Waals surface area contributed by atoms with E-state index in [4.69, 9.17) is 10.5 Å². The molecule has 1 heterocycles. The van der Waals surface area contributed by atoms with E-state index in [9.17, 15) is 4.79 Å². The summed E-state index contributed by atoms with van der Waals surface area (Å²) in [5, 5.41) is 2.89. The minimum Gasteiger partial charge on any atom is -0.376 e. The lowest BCUT2D eigenvalue weighted by molar-refractivity contribution is -0.121. The van der Waals surface area contributed by atoms with E-state index in [1.165, 1.54) is 5.56 Å². The van der Waals surface area contributed by atoms with Crippen LogP contribution >= 0.6 is 12.4 Å². The Hall–Kier alpha value is -1.14. The van der Waals surface area contributed by atoms with Crippen LogP contribution in [0.25, 0.3) is 0 Å². The molecule has 1 aromatic carbocycles. The normalized spacial score (nSPS) is 18.5. The molecule has 6 heteroatoms. The van der Waals surface area contributed by atoms with Crippen LogP contribution in [0.15, 0.2) is 24.3 Å². The van der Waals surface area contributed by atoms with Crippen molar-refractivity contribution in [2.45, 2.75) is 32.5 Å². The Morgan fingerprint density at radius 1 is 1.45 bits per heavy atom. The predicted octanol–water partition coefficient (Wildman–Crippen LogP) is 1.29. The van der Waals surface area contributed by atoms with Gasteiger partial charge in [-0.25, -0.2) is 0 Å². The number of carbonyl (C=O) groups is 1. The Balaban J connectivity index is 0.00000242. The van der Waals surface area contributed by atoms with E-state index in [2.05, 4.69) is 29.3 Å². The van der Waals surface area contributed by atoms with Gasteiger partial charge in [-0.05, 0) is 18.1 Å². The first-order valence-electron chi connectivity index (χ1n) is 7.56. The average Bonchev–Trinajstić information content (AvgIpc) is 2.46. The molecule has 22 heavy (non-hydrogen) atoms. The van der Waals surface area contributed by atoms with Crippen LogP contribution in [0.3, 0.4) is 0 Å². The second kappa shape index (κ2) is 9.79. The van der Waals surface area contributed by atoms with Crippen molar-refractivity contribution in [3.8, 4) is 0 Å². The highest BCUT2D eigenvalue weighted by Crippen LogP contribution is 2.12. The first-order valence-corrected chi connectivity index (χ1v) is 7.56. The smallest absolute Gasteiger partial charge is 0.221 e. The molecule has 124 valence electrons. The van der Waals surface area contributed by atoms with Crippen LogP contribution in [0.4, 0.5) is 0 Å². The third-order valence-electron chi connectivity index (χ3n) is 3.58. The number of carbonyl (C=O) groups excluding carboxylic acids is 1. The van der Waals surface area contributed by atoms with Gasteiger partial charge in [-0.15, -0.1) is 12.4 Å². The van der Waals surface area contributed by atoms with Crippen molar-refractivity contribution in [1.29, 1.82) is 0 Å². The maximum absolute atomic E-state index is 11.4. The van der Waals surface area contributed by atoms with E-state index >= 15 is 0 Å². The molecule has 1 aliphatic heterocycles. The fourth-order valence-electron chi connectivity index (χ4n) is 2.55. The number of nitrogens with zero attached hydrogens (tertiary/aromatic N) is 1. The van der Waals surface area contributed by atoms with Gasteiger partial charge in [0.1, 0.15) is 0 Å². The fraction of sp³-hybridized carbons (Fsp3) is 0.562. The van der Waals surface area contributed by atoms with Gasteiger partial charge in [0.05, 0.1) is 12.7 Å². The monoisotopic (exact) mass is 327 g/mol. The summed E-state index contributed by atoms with van der Waals surface area (Å²) in [4.78, 5) is 13.8. The van der Waals surface area contributed by atoms with Gasteiger partial charge >= 0.3 is 0 Å². The highest BCUT2D eigenvalue weighted by molar-refractivity contribution is 5.85. The van der Waals surface area contributed by atoms with Gasteiger partial charge in [-0.3, -0.25) is 9.69 Å². The van der Waals surface area contributed by atoms with Crippen molar-refractivity contribution in [2.24, 2.45) is 5.73 Å².